The van der Waals surface area contributed by atoms with Gasteiger partial charge in [0, 0.05) is 7.11 Å². The second-order valence-corrected chi connectivity index (χ2v) is 4.88. The Hall–Kier alpha value is -0.860. The zero-order valence-electron chi connectivity index (χ0n) is 10.9. The van der Waals surface area contributed by atoms with Crippen LogP contribution in [0.4, 0.5) is 0 Å². The monoisotopic (exact) mass is 233 g/mol. The van der Waals surface area contributed by atoms with Gasteiger partial charge in [-0.15, -0.1) is 0 Å². The van der Waals surface area contributed by atoms with Crippen molar-refractivity contribution >= 4 is 0 Å². The molecule has 94 valence electrons. The average Bonchev–Trinajstić information content (AvgIpc) is 3.20. The zero-order chi connectivity index (χ0) is 12.1. The van der Waals surface area contributed by atoms with Gasteiger partial charge in [-0.1, -0.05) is 37.3 Å². The number of hydrogen-bond donors (Lipinski definition) is 1. The lowest BCUT2D eigenvalue weighted by molar-refractivity contribution is 0.0507. The number of nitrogens with one attached hydrogen (secondary N) is 1. The molecule has 17 heavy (non-hydrogen) atoms. The van der Waals surface area contributed by atoms with Gasteiger partial charge in [0.15, 0.2) is 0 Å². The van der Waals surface area contributed by atoms with Gasteiger partial charge in [0.05, 0.1) is 12.1 Å². The van der Waals surface area contributed by atoms with Crippen molar-refractivity contribution in [1.29, 1.82) is 0 Å². The Morgan fingerprint density at radius 2 is 2.00 bits per heavy atom. The molecule has 1 aromatic rings. The minimum atomic E-state index is 0.323. The first-order chi connectivity index (χ1) is 8.36. The molecule has 2 unspecified atom stereocenters. The molecule has 1 saturated carbocycles. The predicted molar refractivity (Wildman–Crippen MR) is 71.0 cm³/mol. The second kappa shape index (κ2) is 6.18. The van der Waals surface area contributed by atoms with E-state index in [4.69, 9.17) is 4.74 Å². The van der Waals surface area contributed by atoms with Gasteiger partial charge < -0.3 is 10.1 Å². The van der Waals surface area contributed by atoms with Gasteiger partial charge in [0.25, 0.3) is 0 Å². The van der Waals surface area contributed by atoms with Crippen molar-refractivity contribution in [2.45, 2.75) is 38.3 Å². The molecule has 2 atom stereocenters. The number of rotatable bonds is 7. The quantitative estimate of drug-likeness (QED) is 0.781. The summed E-state index contributed by atoms with van der Waals surface area (Å²) >= 11 is 0. The first kappa shape index (κ1) is 12.6. The summed E-state index contributed by atoms with van der Waals surface area (Å²) in [6.07, 6.45) is 4.11. The molecular weight excluding hydrogens is 210 g/mol. The number of ether oxygens (including phenoxy) is 1. The molecule has 0 bridgehead atoms. The van der Waals surface area contributed by atoms with Crippen molar-refractivity contribution in [3.05, 3.63) is 35.9 Å². The fourth-order valence-corrected chi connectivity index (χ4v) is 2.41. The fraction of sp³-hybridized carbons (Fsp3) is 0.600. The Labute approximate surface area is 104 Å². The van der Waals surface area contributed by atoms with Crippen molar-refractivity contribution in [2.75, 3.05) is 13.7 Å². The van der Waals surface area contributed by atoms with Gasteiger partial charge in [-0.25, -0.2) is 0 Å². The minimum Gasteiger partial charge on any atom is -0.379 e. The SMILES string of the molecule is CCCNC(c1ccccc1)C(OC)C1CC1. The molecule has 2 heteroatoms. The smallest absolute Gasteiger partial charge is 0.0794 e. The van der Waals surface area contributed by atoms with Crippen LogP contribution in [0.3, 0.4) is 0 Å². The standard InChI is InChI=1S/C15H23NO/c1-3-11-16-14(12-7-5-4-6-8-12)15(17-2)13-9-10-13/h4-8,13-16H,3,9-11H2,1-2H3. The highest BCUT2D eigenvalue weighted by atomic mass is 16.5. The van der Waals surface area contributed by atoms with Gasteiger partial charge >= 0.3 is 0 Å². The summed E-state index contributed by atoms with van der Waals surface area (Å²) in [5.41, 5.74) is 1.35. The third-order valence-electron chi connectivity index (χ3n) is 3.46. The van der Waals surface area contributed by atoms with Crippen LogP contribution >= 0.6 is 0 Å². The third-order valence-corrected chi connectivity index (χ3v) is 3.46. The van der Waals surface area contributed by atoms with Crippen LogP contribution in [0.2, 0.25) is 0 Å². The second-order valence-electron chi connectivity index (χ2n) is 4.88. The summed E-state index contributed by atoms with van der Waals surface area (Å²) < 4.78 is 5.73. The Kier molecular flexibility index (Phi) is 4.57. The van der Waals surface area contributed by atoms with E-state index < -0.39 is 0 Å². The van der Waals surface area contributed by atoms with Crippen molar-refractivity contribution in [3.63, 3.8) is 0 Å². The van der Waals surface area contributed by atoms with Crippen LogP contribution < -0.4 is 5.32 Å². The fourth-order valence-electron chi connectivity index (χ4n) is 2.41. The maximum Gasteiger partial charge on any atom is 0.0794 e. The summed E-state index contributed by atoms with van der Waals surface area (Å²) in [4.78, 5) is 0. The molecule has 1 aliphatic rings. The summed E-state index contributed by atoms with van der Waals surface area (Å²) in [5, 5.41) is 3.63. The maximum atomic E-state index is 5.73. The van der Waals surface area contributed by atoms with Crippen molar-refractivity contribution in [2.24, 2.45) is 5.92 Å². The Morgan fingerprint density at radius 3 is 2.53 bits per heavy atom. The number of methoxy groups -OCH3 is 1. The molecule has 2 nitrogen and oxygen atoms in total. The van der Waals surface area contributed by atoms with E-state index >= 15 is 0 Å². The van der Waals surface area contributed by atoms with E-state index in [0.717, 1.165) is 18.9 Å². The molecule has 1 N–H and O–H groups in total. The summed E-state index contributed by atoms with van der Waals surface area (Å²) in [6.45, 7) is 3.25. The lowest BCUT2D eigenvalue weighted by Crippen LogP contribution is -2.35. The average molecular weight is 233 g/mol. The van der Waals surface area contributed by atoms with Gasteiger partial charge in [-0.2, -0.15) is 0 Å². The molecule has 0 heterocycles. The summed E-state index contributed by atoms with van der Waals surface area (Å²) in [5.74, 6) is 0.745. The molecule has 0 aliphatic heterocycles. The molecule has 2 rings (SSSR count). The lowest BCUT2D eigenvalue weighted by Gasteiger charge is -2.27. The van der Waals surface area contributed by atoms with Crippen LogP contribution in [0.25, 0.3) is 0 Å². The van der Waals surface area contributed by atoms with Gasteiger partial charge in [-0.05, 0) is 37.3 Å². The lowest BCUT2D eigenvalue weighted by atomic mass is 9.98. The maximum absolute atomic E-state index is 5.73. The minimum absolute atomic E-state index is 0.323. The van der Waals surface area contributed by atoms with E-state index in [1.54, 1.807) is 0 Å². The van der Waals surface area contributed by atoms with Crippen LogP contribution in [0.1, 0.15) is 37.8 Å². The molecular formula is C15H23NO. The van der Waals surface area contributed by atoms with E-state index in [1.165, 1.54) is 18.4 Å². The Morgan fingerprint density at radius 1 is 1.29 bits per heavy atom. The molecule has 1 aromatic carbocycles. The molecule has 0 saturated heterocycles. The number of hydrogen-bond acceptors (Lipinski definition) is 2. The molecule has 0 aromatic heterocycles. The predicted octanol–water partition coefficient (Wildman–Crippen LogP) is 3.15. The molecule has 0 amide bonds. The van der Waals surface area contributed by atoms with Crippen LogP contribution in [0, 0.1) is 5.92 Å². The highest BCUT2D eigenvalue weighted by Gasteiger charge is 2.37. The van der Waals surface area contributed by atoms with E-state index in [-0.39, 0.29) is 0 Å². The summed E-state index contributed by atoms with van der Waals surface area (Å²) in [7, 11) is 1.84. The normalized spacial score (nSPS) is 18.9. The Bertz CT molecular complexity index is 321. The van der Waals surface area contributed by atoms with Gasteiger partial charge in [-0.3, -0.25) is 0 Å². The molecule has 1 fully saturated rings. The van der Waals surface area contributed by atoms with Crippen LogP contribution in [-0.4, -0.2) is 19.8 Å². The van der Waals surface area contributed by atoms with E-state index in [0.29, 0.717) is 12.1 Å². The number of benzene rings is 1. The van der Waals surface area contributed by atoms with Crippen LogP contribution in [-0.2, 0) is 4.74 Å². The zero-order valence-corrected chi connectivity index (χ0v) is 10.9. The van der Waals surface area contributed by atoms with Crippen LogP contribution in [0.5, 0.6) is 0 Å². The van der Waals surface area contributed by atoms with Gasteiger partial charge in [0.1, 0.15) is 0 Å². The highest BCUT2D eigenvalue weighted by molar-refractivity contribution is 5.21. The van der Waals surface area contributed by atoms with Gasteiger partial charge in [0.2, 0.25) is 0 Å². The highest BCUT2D eigenvalue weighted by Crippen LogP contribution is 2.39. The third kappa shape index (κ3) is 3.30. The summed E-state index contributed by atoms with van der Waals surface area (Å²) in [6, 6.07) is 11.0. The Balaban J connectivity index is 2.11. The topological polar surface area (TPSA) is 21.3 Å². The largest absolute Gasteiger partial charge is 0.379 e. The molecule has 1 aliphatic carbocycles. The van der Waals surface area contributed by atoms with E-state index in [9.17, 15) is 0 Å². The van der Waals surface area contributed by atoms with Crippen LogP contribution in [0.15, 0.2) is 30.3 Å². The first-order valence-corrected chi connectivity index (χ1v) is 6.68. The van der Waals surface area contributed by atoms with E-state index in [2.05, 4.69) is 42.6 Å². The van der Waals surface area contributed by atoms with Crippen molar-refractivity contribution in [1.82, 2.24) is 5.32 Å². The molecule has 0 spiro atoms. The molecule has 0 radical (unpaired) electrons. The van der Waals surface area contributed by atoms with Crippen molar-refractivity contribution < 1.29 is 4.74 Å². The van der Waals surface area contributed by atoms with Crippen molar-refractivity contribution in [3.8, 4) is 0 Å². The van der Waals surface area contributed by atoms with E-state index in [1.807, 2.05) is 7.11 Å². The first-order valence-electron chi connectivity index (χ1n) is 6.68.